The Hall–Kier alpha value is -0.770. The van der Waals surface area contributed by atoms with Crippen LogP contribution >= 0.6 is 23.2 Å². The zero-order chi connectivity index (χ0) is 14.0. The number of rotatable bonds is 5. The lowest BCUT2D eigenvalue weighted by Gasteiger charge is -2.12. The average Bonchev–Trinajstić information content (AvgIpc) is 3.13. The van der Waals surface area contributed by atoms with Crippen LogP contribution in [0.25, 0.3) is 0 Å². The molecule has 19 heavy (non-hydrogen) atoms. The van der Waals surface area contributed by atoms with Crippen molar-refractivity contribution in [2.24, 2.45) is 5.92 Å². The second kappa shape index (κ2) is 6.12. The smallest absolute Gasteiger partial charge is 0.223 e. The molecule has 0 aromatic heterocycles. The van der Waals surface area contributed by atoms with Crippen molar-refractivity contribution < 1.29 is 9.90 Å². The molecule has 1 aliphatic carbocycles. The zero-order valence-corrected chi connectivity index (χ0v) is 12.2. The maximum atomic E-state index is 12.0. The number of hydrogen-bond donors (Lipinski definition) is 2. The highest BCUT2D eigenvalue weighted by molar-refractivity contribution is 6.42. The fourth-order valence-electron chi connectivity index (χ4n) is 2.25. The standard InChI is InChI=1S/C14H17Cl2NO2/c1-8(5-6-18)17-14(19)11-7-10(11)9-3-2-4-12(15)13(9)16/h2-4,8,10-11,18H,5-7H2,1H3,(H,17,19). The predicted molar refractivity (Wildman–Crippen MR) is 76.6 cm³/mol. The third-order valence-corrected chi connectivity index (χ3v) is 4.29. The summed E-state index contributed by atoms with van der Waals surface area (Å²) in [4.78, 5) is 12.0. The van der Waals surface area contributed by atoms with Gasteiger partial charge in [-0.15, -0.1) is 0 Å². The Bertz CT molecular complexity index is 479. The van der Waals surface area contributed by atoms with Crippen LogP contribution in [0.5, 0.6) is 0 Å². The molecule has 0 spiro atoms. The fraction of sp³-hybridized carbons (Fsp3) is 0.500. The van der Waals surface area contributed by atoms with E-state index in [-0.39, 0.29) is 30.4 Å². The van der Waals surface area contributed by atoms with Crippen LogP contribution in [0.1, 0.15) is 31.2 Å². The first kappa shape index (κ1) is 14.6. The maximum Gasteiger partial charge on any atom is 0.223 e. The van der Waals surface area contributed by atoms with Crippen molar-refractivity contribution in [3.8, 4) is 0 Å². The Kier molecular flexibility index (Phi) is 4.71. The van der Waals surface area contributed by atoms with Crippen molar-refractivity contribution in [1.82, 2.24) is 5.32 Å². The Morgan fingerprint density at radius 2 is 2.26 bits per heavy atom. The molecule has 3 unspecified atom stereocenters. The van der Waals surface area contributed by atoms with E-state index in [0.29, 0.717) is 16.5 Å². The van der Waals surface area contributed by atoms with E-state index >= 15 is 0 Å². The van der Waals surface area contributed by atoms with E-state index in [1.165, 1.54) is 0 Å². The van der Waals surface area contributed by atoms with E-state index in [9.17, 15) is 4.79 Å². The number of hydrogen-bond acceptors (Lipinski definition) is 2. The number of halogens is 2. The molecule has 2 N–H and O–H groups in total. The predicted octanol–water partition coefficient (Wildman–Crippen LogP) is 2.98. The SMILES string of the molecule is CC(CCO)NC(=O)C1CC1c1cccc(Cl)c1Cl. The molecule has 2 rings (SSSR count). The molecule has 3 nitrogen and oxygen atoms in total. The van der Waals surface area contributed by atoms with E-state index in [2.05, 4.69) is 5.32 Å². The number of carbonyl (C=O) groups is 1. The van der Waals surface area contributed by atoms with Crippen molar-refractivity contribution in [2.45, 2.75) is 31.7 Å². The number of nitrogens with one attached hydrogen (secondary N) is 1. The van der Waals surface area contributed by atoms with Gasteiger partial charge >= 0.3 is 0 Å². The normalized spacial score (nSPS) is 22.9. The second-order valence-electron chi connectivity index (χ2n) is 5.01. The molecular formula is C14H17Cl2NO2. The van der Waals surface area contributed by atoms with E-state index in [1.54, 1.807) is 6.07 Å². The molecular weight excluding hydrogens is 285 g/mol. The molecule has 1 aromatic rings. The molecule has 0 aliphatic heterocycles. The summed E-state index contributed by atoms with van der Waals surface area (Å²) >= 11 is 12.1. The summed E-state index contributed by atoms with van der Waals surface area (Å²) in [6.07, 6.45) is 1.37. The first-order valence-corrected chi connectivity index (χ1v) is 7.15. The van der Waals surface area contributed by atoms with Crippen molar-refractivity contribution >= 4 is 29.1 Å². The number of amides is 1. The van der Waals surface area contributed by atoms with Gasteiger partial charge in [-0.05, 0) is 37.3 Å². The van der Waals surface area contributed by atoms with E-state index < -0.39 is 0 Å². The van der Waals surface area contributed by atoms with Gasteiger partial charge in [-0.3, -0.25) is 4.79 Å². The molecule has 1 aliphatic rings. The van der Waals surface area contributed by atoms with Crippen LogP contribution in [0.15, 0.2) is 18.2 Å². The minimum absolute atomic E-state index is 0.00594. The van der Waals surface area contributed by atoms with Crippen molar-refractivity contribution in [2.75, 3.05) is 6.61 Å². The first-order chi connectivity index (χ1) is 9.04. The Morgan fingerprint density at radius 1 is 1.53 bits per heavy atom. The summed E-state index contributed by atoms with van der Waals surface area (Å²) in [5, 5.41) is 12.8. The van der Waals surface area contributed by atoms with Gasteiger partial charge in [-0.2, -0.15) is 0 Å². The Labute approximate surface area is 122 Å². The zero-order valence-electron chi connectivity index (χ0n) is 10.7. The van der Waals surface area contributed by atoms with Crippen LogP contribution in [0.3, 0.4) is 0 Å². The summed E-state index contributed by atoms with van der Waals surface area (Å²) in [7, 11) is 0. The second-order valence-corrected chi connectivity index (χ2v) is 5.80. The van der Waals surface area contributed by atoms with Crippen molar-refractivity contribution in [1.29, 1.82) is 0 Å². The highest BCUT2D eigenvalue weighted by atomic mass is 35.5. The third-order valence-electron chi connectivity index (χ3n) is 3.46. The monoisotopic (exact) mass is 301 g/mol. The van der Waals surface area contributed by atoms with E-state index in [4.69, 9.17) is 28.3 Å². The molecule has 1 aromatic carbocycles. The van der Waals surface area contributed by atoms with Gasteiger partial charge in [0.1, 0.15) is 0 Å². The first-order valence-electron chi connectivity index (χ1n) is 6.39. The van der Waals surface area contributed by atoms with E-state index in [1.807, 2.05) is 19.1 Å². The fourth-order valence-corrected chi connectivity index (χ4v) is 2.70. The summed E-state index contributed by atoms with van der Waals surface area (Å²) in [5.41, 5.74) is 0.948. The van der Waals surface area contributed by atoms with Crippen LogP contribution in [-0.4, -0.2) is 23.7 Å². The van der Waals surface area contributed by atoms with Crippen LogP contribution < -0.4 is 5.32 Å². The molecule has 1 saturated carbocycles. The molecule has 5 heteroatoms. The largest absolute Gasteiger partial charge is 0.396 e. The molecule has 0 bridgehead atoms. The molecule has 1 fully saturated rings. The Morgan fingerprint density at radius 3 is 2.95 bits per heavy atom. The lowest BCUT2D eigenvalue weighted by molar-refractivity contribution is -0.123. The lowest BCUT2D eigenvalue weighted by atomic mass is 10.1. The van der Waals surface area contributed by atoms with Gasteiger partial charge in [0.2, 0.25) is 5.91 Å². The van der Waals surface area contributed by atoms with Crippen molar-refractivity contribution in [3.63, 3.8) is 0 Å². The number of benzene rings is 1. The van der Waals surface area contributed by atoms with Crippen molar-refractivity contribution in [3.05, 3.63) is 33.8 Å². The van der Waals surface area contributed by atoms with Crippen LogP contribution in [0.4, 0.5) is 0 Å². The molecule has 3 atom stereocenters. The third kappa shape index (κ3) is 3.41. The van der Waals surface area contributed by atoms with Crippen LogP contribution in [0, 0.1) is 5.92 Å². The number of carbonyl (C=O) groups excluding carboxylic acids is 1. The summed E-state index contributed by atoms with van der Waals surface area (Å²) < 4.78 is 0. The number of aliphatic hydroxyl groups is 1. The van der Waals surface area contributed by atoms with Crippen LogP contribution in [0.2, 0.25) is 10.0 Å². The van der Waals surface area contributed by atoms with E-state index in [0.717, 1.165) is 12.0 Å². The molecule has 0 radical (unpaired) electrons. The van der Waals surface area contributed by atoms with Gasteiger partial charge in [-0.1, -0.05) is 35.3 Å². The van der Waals surface area contributed by atoms with Gasteiger partial charge in [-0.25, -0.2) is 0 Å². The molecule has 0 heterocycles. The minimum atomic E-state index is -0.0305. The quantitative estimate of drug-likeness (QED) is 0.878. The highest BCUT2D eigenvalue weighted by Gasteiger charge is 2.45. The maximum absolute atomic E-state index is 12.0. The molecule has 0 saturated heterocycles. The summed E-state index contributed by atoms with van der Waals surface area (Å²) in [6, 6.07) is 5.51. The molecule has 1 amide bonds. The van der Waals surface area contributed by atoms with Crippen LogP contribution in [-0.2, 0) is 4.79 Å². The molecule has 104 valence electrons. The summed E-state index contributed by atoms with van der Waals surface area (Å²) in [5.74, 6) is 0.159. The Balaban J connectivity index is 1.97. The van der Waals surface area contributed by atoms with Gasteiger partial charge in [0, 0.05) is 18.6 Å². The highest BCUT2D eigenvalue weighted by Crippen LogP contribution is 2.50. The number of aliphatic hydroxyl groups excluding tert-OH is 1. The van der Waals surface area contributed by atoms with Gasteiger partial charge in [0.15, 0.2) is 0 Å². The topological polar surface area (TPSA) is 49.3 Å². The summed E-state index contributed by atoms with van der Waals surface area (Å²) in [6.45, 7) is 1.97. The van der Waals surface area contributed by atoms with Gasteiger partial charge < -0.3 is 10.4 Å². The average molecular weight is 302 g/mol. The van der Waals surface area contributed by atoms with Gasteiger partial charge in [0.05, 0.1) is 10.0 Å². The van der Waals surface area contributed by atoms with Gasteiger partial charge in [0.25, 0.3) is 0 Å². The minimum Gasteiger partial charge on any atom is -0.396 e. The lowest BCUT2D eigenvalue weighted by Crippen LogP contribution is -2.34.